The van der Waals surface area contributed by atoms with Crippen LogP contribution in [0.15, 0.2) is 0 Å². The van der Waals surface area contributed by atoms with Gasteiger partial charge in [-0.3, -0.25) is 14.5 Å². The first kappa shape index (κ1) is 12.0. The van der Waals surface area contributed by atoms with Crippen molar-refractivity contribution in [3.63, 3.8) is 0 Å². The Hall–Kier alpha value is -1.10. The molecule has 0 aromatic heterocycles. The third kappa shape index (κ3) is 3.20. The summed E-state index contributed by atoms with van der Waals surface area (Å²) in [6, 6.07) is 0.185. The Labute approximate surface area is 89.7 Å². The van der Waals surface area contributed by atoms with Crippen molar-refractivity contribution in [2.45, 2.75) is 26.3 Å². The maximum absolute atomic E-state index is 11.6. The zero-order chi connectivity index (χ0) is 11.4. The van der Waals surface area contributed by atoms with E-state index >= 15 is 0 Å². The summed E-state index contributed by atoms with van der Waals surface area (Å²) in [6.45, 7) is 6.27. The van der Waals surface area contributed by atoms with Crippen LogP contribution in [0.2, 0.25) is 0 Å². The van der Waals surface area contributed by atoms with Crippen molar-refractivity contribution in [1.82, 2.24) is 9.80 Å². The molecule has 0 radical (unpaired) electrons. The molecule has 15 heavy (non-hydrogen) atoms. The number of carboxylic acids is 1. The lowest BCUT2D eigenvalue weighted by Crippen LogP contribution is -2.55. The number of carboxylic acid groups (broad SMARTS) is 1. The van der Waals surface area contributed by atoms with Gasteiger partial charge in [0, 0.05) is 25.7 Å². The Morgan fingerprint density at radius 2 is 2.27 bits per heavy atom. The van der Waals surface area contributed by atoms with Gasteiger partial charge in [-0.25, -0.2) is 0 Å². The van der Waals surface area contributed by atoms with E-state index in [0.29, 0.717) is 13.1 Å². The Morgan fingerprint density at radius 3 is 2.73 bits per heavy atom. The first-order valence-corrected chi connectivity index (χ1v) is 5.28. The summed E-state index contributed by atoms with van der Waals surface area (Å²) in [4.78, 5) is 25.8. The van der Waals surface area contributed by atoms with Crippen LogP contribution in [0.1, 0.15) is 20.3 Å². The molecule has 1 atom stereocenters. The summed E-state index contributed by atoms with van der Waals surface area (Å²) in [7, 11) is 0. The number of likely N-dealkylation sites (N-methyl/N-ethyl adjacent to an activating group) is 1. The van der Waals surface area contributed by atoms with Crippen LogP contribution in [0.3, 0.4) is 0 Å². The highest BCUT2D eigenvalue weighted by Crippen LogP contribution is 2.10. The number of rotatable bonds is 4. The fraction of sp³-hybridized carbons (Fsp3) is 0.800. The van der Waals surface area contributed by atoms with Crippen molar-refractivity contribution >= 4 is 11.9 Å². The van der Waals surface area contributed by atoms with Crippen molar-refractivity contribution in [1.29, 1.82) is 0 Å². The zero-order valence-electron chi connectivity index (χ0n) is 9.27. The Morgan fingerprint density at radius 1 is 1.60 bits per heavy atom. The van der Waals surface area contributed by atoms with Crippen molar-refractivity contribution in [2.75, 3.05) is 26.2 Å². The third-order valence-electron chi connectivity index (χ3n) is 2.72. The van der Waals surface area contributed by atoms with Crippen LogP contribution >= 0.6 is 0 Å². The Kier molecular flexibility index (Phi) is 4.08. The maximum atomic E-state index is 11.6. The summed E-state index contributed by atoms with van der Waals surface area (Å²) in [5, 5.41) is 8.55. The summed E-state index contributed by atoms with van der Waals surface area (Å²) < 4.78 is 0. The third-order valence-corrected chi connectivity index (χ3v) is 2.72. The minimum Gasteiger partial charge on any atom is -0.481 e. The molecular formula is C10H18N2O3. The number of piperazine rings is 1. The molecule has 1 fully saturated rings. The molecular weight excluding hydrogens is 196 g/mol. The summed E-state index contributed by atoms with van der Waals surface area (Å²) in [5.74, 6) is -0.713. The molecule has 0 bridgehead atoms. The van der Waals surface area contributed by atoms with E-state index in [1.807, 2.05) is 23.6 Å². The summed E-state index contributed by atoms with van der Waals surface area (Å²) in [5.41, 5.74) is 0. The van der Waals surface area contributed by atoms with Gasteiger partial charge in [-0.1, -0.05) is 0 Å². The first-order chi connectivity index (χ1) is 7.04. The van der Waals surface area contributed by atoms with Gasteiger partial charge in [-0.15, -0.1) is 0 Å². The van der Waals surface area contributed by atoms with Gasteiger partial charge in [0.2, 0.25) is 5.91 Å². The molecule has 1 aliphatic rings. The molecule has 1 unspecified atom stereocenters. The molecule has 1 rings (SSSR count). The normalized spacial score (nSPS) is 23.2. The molecule has 0 aromatic carbocycles. The monoisotopic (exact) mass is 214 g/mol. The highest BCUT2D eigenvalue weighted by atomic mass is 16.4. The average Bonchev–Trinajstić information content (AvgIpc) is 2.14. The summed E-state index contributed by atoms with van der Waals surface area (Å²) in [6.07, 6.45) is 0.103. The number of hydrogen-bond acceptors (Lipinski definition) is 3. The van der Waals surface area contributed by atoms with Crippen LogP contribution in [-0.2, 0) is 9.59 Å². The molecule has 0 spiro atoms. The van der Waals surface area contributed by atoms with E-state index in [0.717, 1.165) is 13.1 Å². The van der Waals surface area contributed by atoms with Crippen LogP contribution in [0.5, 0.6) is 0 Å². The van der Waals surface area contributed by atoms with Gasteiger partial charge < -0.3 is 10.0 Å². The maximum Gasteiger partial charge on any atom is 0.304 e. The van der Waals surface area contributed by atoms with Gasteiger partial charge >= 0.3 is 5.97 Å². The molecule has 0 aliphatic carbocycles. The largest absolute Gasteiger partial charge is 0.481 e. The van der Waals surface area contributed by atoms with E-state index < -0.39 is 5.97 Å². The standard InChI is InChI=1S/C10H18N2O3/c1-3-12-8(2)6-11(7-9(12)13)5-4-10(14)15/h8H,3-7H2,1-2H3,(H,14,15). The average molecular weight is 214 g/mol. The van der Waals surface area contributed by atoms with E-state index in [2.05, 4.69) is 0 Å². The highest BCUT2D eigenvalue weighted by molar-refractivity contribution is 5.79. The van der Waals surface area contributed by atoms with E-state index in [1.165, 1.54) is 0 Å². The minimum atomic E-state index is -0.812. The Balaban J connectivity index is 2.45. The second kappa shape index (κ2) is 5.11. The van der Waals surface area contributed by atoms with Crippen LogP contribution in [0.4, 0.5) is 0 Å². The number of carbonyl (C=O) groups is 2. The van der Waals surface area contributed by atoms with Gasteiger partial charge in [0.05, 0.1) is 13.0 Å². The van der Waals surface area contributed by atoms with Crippen LogP contribution < -0.4 is 0 Å². The van der Waals surface area contributed by atoms with Crippen molar-refractivity contribution in [3.05, 3.63) is 0 Å². The van der Waals surface area contributed by atoms with Crippen molar-refractivity contribution < 1.29 is 14.7 Å². The van der Waals surface area contributed by atoms with E-state index in [4.69, 9.17) is 5.11 Å². The quantitative estimate of drug-likeness (QED) is 0.716. The predicted molar refractivity (Wildman–Crippen MR) is 55.5 cm³/mol. The first-order valence-electron chi connectivity index (χ1n) is 5.28. The second-order valence-electron chi connectivity index (χ2n) is 3.91. The molecule has 5 heteroatoms. The molecule has 1 heterocycles. The Bertz CT molecular complexity index is 255. The molecule has 1 saturated heterocycles. The minimum absolute atomic E-state index is 0.0987. The SMILES string of the molecule is CCN1C(=O)CN(CCC(=O)O)CC1C. The van der Waals surface area contributed by atoms with Gasteiger partial charge in [0.1, 0.15) is 0 Å². The lowest BCUT2D eigenvalue weighted by molar-refractivity contribution is -0.142. The molecule has 0 aromatic rings. The van der Waals surface area contributed by atoms with Crippen LogP contribution in [0.25, 0.3) is 0 Å². The topological polar surface area (TPSA) is 60.9 Å². The fourth-order valence-corrected chi connectivity index (χ4v) is 1.98. The number of aliphatic carboxylic acids is 1. The lowest BCUT2D eigenvalue weighted by Gasteiger charge is -2.38. The van der Waals surface area contributed by atoms with Gasteiger partial charge in [-0.05, 0) is 13.8 Å². The second-order valence-corrected chi connectivity index (χ2v) is 3.91. The number of amides is 1. The molecule has 1 N–H and O–H groups in total. The summed E-state index contributed by atoms with van der Waals surface area (Å²) >= 11 is 0. The smallest absolute Gasteiger partial charge is 0.304 e. The van der Waals surface area contributed by atoms with E-state index in [1.54, 1.807) is 0 Å². The zero-order valence-corrected chi connectivity index (χ0v) is 9.27. The van der Waals surface area contributed by atoms with E-state index in [9.17, 15) is 9.59 Å². The molecule has 5 nitrogen and oxygen atoms in total. The fourth-order valence-electron chi connectivity index (χ4n) is 1.98. The molecule has 1 aliphatic heterocycles. The van der Waals surface area contributed by atoms with Crippen LogP contribution in [0, 0.1) is 0 Å². The van der Waals surface area contributed by atoms with E-state index in [-0.39, 0.29) is 18.4 Å². The van der Waals surface area contributed by atoms with Gasteiger partial charge in [0.15, 0.2) is 0 Å². The molecule has 0 saturated carbocycles. The van der Waals surface area contributed by atoms with Gasteiger partial charge in [-0.2, -0.15) is 0 Å². The van der Waals surface area contributed by atoms with Crippen molar-refractivity contribution in [2.24, 2.45) is 0 Å². The van der Waals surface area contributed by atoms with Gasteiger partial charge in [0.25, 0.3) is 0 Å². The van der Waals surface area contributed by atoms with Crippen LogP contribution in [-0.4, -0.2) is 59.0 Å². The predicted octanol–water partition coefficient (Wildman–Crippen LogP) is 0.0137. The highest BCUT2D eigenvalue weighted by Gasteiger charge is 2.28. The number of hydrogen-bond donors (Lipinski definition) is 1. The lowest BCUT2D eigenvalue weighted by atomic mass is 10.2. The molecule has 86 valence electrons. The molecule has 1 amide bonds. The number of nitrogens with zero attached hydrogens (tertiary/aromatic N) is 2. The number of carbonyl (C=O) groups excluding carboxylic acids is 1. The van der Waals surface area contributed by atoms with Crippen molar-refractivity contribution in [3.8, 4) is 0 Å².